The molecule has 0 saturated carbocycles. The van der Waals surface area contributed by atoms with Gasteiger partial charge in [-0.25, -0.2) is 17.5 Å². The molecular formula is C14H14FNO3S. The van der Waals surface area contributed by atoms with Gasteiger partial charge in [0.15, 0.2) is 0 Å². The van der Waals surface area contributed by atoms with Crippen LogP contribution in [-0.2, 0) is 16.4 Å². The highest BCUT2D eigenvalue weighted by molar-refractivity contribution is 7.89. The first kappa shape index (κ1) is 14.5. The highest BCUT2D eigenvalue weighted by Gasteiger charge is 2.13. The molecule has 0 unspecified atom stereocenters. The predicted molar refractivity (Wildman–Crippen MR) is 73.4 cm³/mol. The van der Waals surface area contributed by atoms with E-state index in [0.29, 0.717) is 5.56 Å². The summed E-state index contributed by atoms with van der Waals surface area (Å²) in [5, 5.41) is 9.12. The molecule has 0 aliphatic heterocycles. The maximum Gasteiger partial charge on any atom is 0.240 e. The van der Waals surface area contributed by atoms with Crippen molar-refractivity contribution in [2.45, 2.75) is 11.3 Å². The van der Waals surface area contributed by atoms with Crippen molar-refractivity contribution in [3.8, 4) is 5.75 Å². The monoisotopic (exact) mass is 295 g/mol. The van der Waals surface area contributed by atoms with Crippen LogP contribution >= 0.6 is 0 Å². The van der Waals surface area contributed by atoms with Gasteiger partial charge in [-0.15, -0.1) is 0 Å². The van der Waals surface area contributed by atoms with Crippen LogP contribution in [-0.4, -0.2) is 20.1 Å². The summed E-state index contributed by atoms with van der Waals surface area (Å²) in [5.74, 6) is -0.355. The Kier molecular flexibility index (Phi) is 4.36. The van der Waals surface area contributed by atoms with E-state index in [-0.39, 0.29) is 29.4 Å². The smallest absolute Gasteiger partial charge is 0.240 e. The molecule has 0 fully saturated rings. The fourth-order valence-corrected chi connectivity index (χ4v) is 2.76. The molecule has 0 aliphatic carbocycles. The lowest BCUT2D eigenvalue weighted by Gasteiger charge is -2.07. The molecule has 0 atom stereocenters. The molecule has 0 saturated heterocycles. The molecule has 0 heterocycles. The van der Waals surface area contributed by atoms with Crippen LogP contribution in [0.4, 0.5) is 4.39 Å². The minimum absolute atomic E-state index is 0.00435. The Balaban J connectivity index is 2.00. The van der Waals surface area contributed by atoms with Crippen LogP contribution in [0.2, 0.25) is 0 Å². The Morgan fingerprint density at radius 1 is 1.05 bits per heavy atom. The number of phenolic OH excluding ortho intramolecular Hbond substituents is 1. The molecule has 2 aromatic carbocycles. The Morgan fingerprint density at radius 2 is 1.70 bits per heavy atom. The van der Waals surface area contributed by atoms with Gasteiger partial charge < -0.3 is 5.11 Å². The van der Waals surface area contributed by atoms with Crippen LogP contribution in [0.3, 0.4) is 0 Å². The summed E-state index contributed by atoms with van der Waals surface area (Å²) in [6.07, 6.45) is 0.268. The lowest BCUT2D eigenvalue weighted by Crippen LogP contribution is -2.26. The second-order valence-electron chi connectivity index (χ2n) is 4.23. The van der Waals surface area contributed by atoms with E-state index in [9.17, 15) is 12.8 Å². The zero-order chi connectivity index (χ0) is 14.6. The first-order valence-corrected chi connectivity index (χ1v) is 7.49. The van der Waals surface area contributed by atoms with E-state index in [4.69, 9.17) is 5.11 Å². The Labute approximate surface area is 116 Å². The molecule has 6 heteroatoms. The highest BCUT2D eigenvalue weighted by atomic mass is 32.2. The SMILES string of the molecule is O=S(=O)(NCCc1ccccc1F)c1ccc(O)cc1. The lowest BCUT2D eigenvalue weighted by molar-refractivity contribution is 0.474. The van der Waals surface area contributed by atoms with E-state index < -0.39 is 10.0 Å². The number of phenols is 1. The summed E-state index contributed by atoms with van der Waals surface area (Å²) in [6, 6.07) is 11.4. The number of hydrogen-bond donors (Lipinski definition) is 2. The molecule has 0 radical (unpaired) electrons. The molecule has 2 N–H and O–H groups in total. The van der Waals surface area contributed by atoms with Crippen molar-refractivity contribution in [1.82, 2.24) is 4.72 Å². The van der Waals surface area contributed by atoms with Gasteiger partial charge in [0, 0.05) is 6.54 Å². The fraction of sp³-hybridized carbons (Fsp3) is 0.143. The van der Waals surface area contributed by atoms with E-state index in [1.807, 2.05) is 0 Å². The first-order chi connectivity index (χ1) is 9.49. The molecular weight excluding hydrogens is 281 g/mol. The zero-order valence-electron chi connectivity index (χ0n) is 10.6. The lowest BCUT2D eigenvalue weighted by atomic mass is 10.1. The van der Waals surface area contributed by atoms with Crippen LogP contribution < -0.4 is 4.72 Å². The number of aromatic hydroxyl groups is 1. The van der Waals surface area contributed by atoms with Gasteiger partial charge in [0.25, 0.3) is 0 Å². The van der Waals surface area contributed by atoms with Crippen LogP contribution in [0, 0.1) is 5.82 Å². The molecule has 2 aromatic rings. The highest BCUT2D eigenvalue weighted by Crippen LogP contribution is 2.14. The molecule has 0 bridgehead atoms. The third kappa shape index (κ3) is 3.55. The summed E-state index contributed by atoms with van der Waals surface area (Å²) in [4.78, 5) is 0.0591. The minimum Gasteiger partial charge on any atom is -0.508 e. The average molecular weight is 295 g/mol. The van der Waals surface area contributed by atoms with Crippen molar-refractivity contribution in [2.75, 3.05) is 6.54 Å². The Hall–Kier alpha value is -1.92. The largest absolute Gasteiger partial charge is 0.508 e. The van der Waals surface area contributed by atoms with Gasteiger partial charge in [-0.3, -0.25) is 0 Å². The third-order valence-electron chi connectivity index (χ3n) is 2.79. The molecule has 2 rings (SSSR count). The predicted octanol–water partition coefficient (Wildman–Crippen LogP) is 2.05. The van der Waals surface area contributed by atoms with E-state index in [1.54, 1.807) is 18.2 Å². The summed E-state index contributed by atoms with van der Waals surface area (Å²) in [5.41, 5.74) is 0.459. The summed E-state index contributed by atoms with van der Waals surface area (Å²) < 4.78 is 39.6. The van der Waals surface area contributed by atoms with Gasteiger partial charge in [0.2, 0.25) is 10.0 Å². The van der Waals surface area contributed by atoms with Gasteiger partial charge in [-0.05, 0) is 42.3 Å². The van der Waals surface area contributed by atoms with Gasteiger partial charge in [0.1, 0.15) is 11.6 Å². The molecule has 0 spiro atoms. The number of rotatable bonds is 5. The number of halogens is 1. The van der Waals surface area contributed by atoms with Crippen molar-refractivity contribution < 1.29 is 17.9 Å². The number of benzene rings is 2. The standard InChI is InChI=1S/C14H14FNO3S/c15-14-4-2-1-3-11(14)9-10-16-20(18,19)13-7-5-12(17)6-8-13/h1-8,16-17H,9-10H2. The molecule has 106 valence electrons. The van der Waals surface area contributed by atoms with Crippen molar-refractivity contribution in [3.63, 3.8) is 0 Å². The van der Waals surface area contributed by atoms with Gasteiger partial charge in [-0.1, -0.05) is 18.2 Å². The Bertz CT molecular complexity index is 684. The van der Waals surface area contributed by atoms with E-state index in [0.717, 1.165) is 0 Å². The molecule has 0 amide bonds. The first-order valence-electron chi connectivity index (χ1n) is 6.01. The summed E-state index contributed by atoms with van der Waals surface area (Å²) in [6.45, 7) is 0.101. The molecule has 20 heavy (non-hydrogen) atoms. The maximum atomic E-state index is 13.4. The second kappa shape index (κ2) is 6.02. The molecule has 0 aromatic heterocycles. The van der Waals surface area contributed by atoms with Crippen molar-refractivity contribution in [3.05, 3.63) is 59.9 Å². The zero-order valence-corrected chi connectivity index (χ0v) is 11.4. The molecule has 4 nitrogen and oxygen atoms in total. The van der Waals surface area contributed by atoms with Gasteiger partial charge in [0.05, 0.1) is 4.90 Å². The van der Waals surface area contributed by atoms with Crippen LogP contribution in [0.25, 0.3) is 0 Å². The summed E-state index contributed by atoms with van der Waals surface area (Å²) >= 11 is 0. The number of nitrogens with one attached hydrogen (secondary N) is 1. The van der Waals surface area contributed by atoms with E-state index >= 15 is 0 Å². The van der Waals surface area contributed by atoms with E-state index in [2.05, 4.69) is 4.72 Å². The average Bonchev–Trinajstić information content (AvgIpc) is 2.41. The van der Waals surface area contributed by atoms with Crippen LogP contribution in [0.1, 0.15) is 5.56 Å². The fourth-order valence-electron chi connectivity index (χ4n) is 1.73. The summed E-state index contributed by atoms with van der Waals surface area (Å²) in [7, 11) is -3.64. The maximum absolute atomic E-state index is 13.4. The number of sulfonamides is 1. The van der Waals surface area contributed by atoms with Crippen molar-refractivity contribution >= 4 is 10.0 Å². The van der Waals surface area contributed by atoms with Gasteiger partial charge in [-0.2, -0.15) is 0 Å². The van der Waals surface area contributed by atoms with Crippen molar-refractivity contribution in [2.24, 2.45) is 0 Å². The number of hydrogen-bond acceptors (Lipinski definition) is 3. The van der Waals surface area contributed by atoms with Crippen LogP contribution in [0.15, 0.2) is 53.4 Å². The van der Waals surface area contributed by atoms with E-state index in [1.165, 1.54) is 30.3 Å². The minimum atomic E-state index is -3.64. The van der Waals surface area contributed by atoms with Crippen molar-refractivity contribution in [1.29, 1.82) is 0 Å². The third-order valence-corrected chi connectivity index (χ3v) is 4.27. The molecule has 0 aliphatic rings. The Morgan fingerprint density at radius 3 is 2.35 bits per heavy atom. The quantitative estimate of drug-likeness (QED) is 0.887. The second-order valence-corrected chi connectivity index (χ2v) is 6.00. The van der Waals surface area contributed by atoms with Gasteiger partial charge >= 0.3 is 0 Å². The topological polar surface area (TPSA) is 66.4 Å². The normalized spacial score (nSPS) is 11.4. The van der Waals surface area contributed by atoms with Crippen LogP contribution in [0.5, 0.6) is 5.75 Å².